The first-order valence-electron chi connectivity index (χ1n) is 4.63. The van der Waals surface area contributed by atoms with E-state index in [4.69, 9.17) is 9.47 Å². The summed E-state index contributed by atoms with van der Waals surface area (Å²) in [5, 5.41) is 0. The van der Waals surface area contributed by atoms with Crippen molar-refractivity contribution in [2.75, 3.05) is 13.2 Å². The largest absolute Gasteiger partial charge is 0.466 e. The van der Waals surface area contributed by atoms with E-state index in [1.54, 1.807) is 26.8 Å². The van der Waals surface area contributed by atoms with E-state index in [9.17, 15) is 9.59 Å². The minimum Gasteiger partial charge on any atom is -0.466 e. The van der Waals surface area contributed by atoms with Gasteiger partial charge in [0.05, 0.1) is 19.6 Å². The van der Waals surface area contributed by atoms with Gasteiger partial charge in [-0.25, -0.2) is 4.79 Å². The van der Waals surface area contributed by atoms with Crippen molar-refractivity contribution < 1.29 is 19.1 Å². The second-order valence-electron chi connectivity index (χ2n) is 2.52. The molecule has 0 aliphatic carbocycles. The number of carbonyl (C=O) groups is 2. The van der Waals surface area contributed by atoms with Gasteiger partial charge in [-0.15, -0.1) is 0 Å². The highest BCUT2D eigenvalue weighted by atomic mass is 16.5. The Labute approximate surface area is 83.9 Å². The SMILES string of the molecule is C/C=C(/CC(=O)OCC)C(=O)OCC. The Morgan fingerprint density at radius 2 is 1.71 bits per heavy atom. The molecule has 80 valence electrons. The van der Waals surface area contributed by atoms with Gasteiger partial charge in [-0.1, -0.05) is 6.08 Å². The van der Waals surface area contributed by atoms with Crippen LogP contribution in [0.5, 0.6) is 0 Å². The van der Waals surface area contributed by atoms with Crippen LogP contribution in [0.3, 0.4) is 0 Å². The van der Waals surface area contributed by atoms with Crippen LogP contribution in [0.25, 0.3) is 0 Å². The normalized spacial score (nSPS) is 10.9. The monoisotopic (exact) mass is 200 g/mol. The predicted octanol–water partition coefficient (Wildman–Crippen LogP) is 1.45. The van der Waals surface area contributed by atoms with Gasteiger partial charge in [-0.3, -0.25) is 4.79 Å². The molecule has 0 radical (unpaired) electrons. The number of allylic oxidation sites excluding steroid dienone is 1. The fraction of sp³-hybridized carbons (Fsp3) is 0.600. The molecule has 0 unspecified atom stereocenters. The van der Waals surface area contributed by atoms with Gasteiger partial charge in [-0.05, 0) is 20.8 Å². The van der Waals surface area contributed by atoms with E-state index in [0.717, 1.165) is 0 Å². The first kappa shape index (κ1) is 12.7. The van der Waals surface area contributed by atoms with Crippen molar-refractivity contribution in [3.8, 4) is 0 Å². The zero-order valence-corrected chi connectivity index (χ0v) is 8.83. The number of carbonyl (C=O) groups excluding carboxylic acids is 2. The molecule has 4 nitrogen and oxygen atoms in total. The Bertz CT molecular complexity index is 230. The Hall–Kier alpha value is -1.32. The molecule has 0 rings (SSSR count). The van der Waals surface area contributed by atoms with Crippen molar-refractivity contribution in [2.45, 2.75) is 27.2 Å². The molecular weight excluding hydrogens is 184 g/mol. The van der Waals surface area contributed by atoms with Crippen molar-refractivity contribution in [2.24, 2.45) is 0 Å². The first-order chi connectivity index (χ1) is 6.65. The molecule has 0 saturated carbocycles. The summed E-state index contributed by atoms with van der Waals surface area (Å²) in [6.07, 6.45) is 1.54. The van der Waals surface area contributed by atoms with Crippen molar-refractivity contribution in [3.63, 3.8) is 0 Å². The summed E-state index contributed by atoms with van der Waals surface area (Å²) < 4.78 is 9.47. The van der Waals surface area contributed by atoms with Crippen molar-refractivity contribution in [1.82, 2.24) is 0 Å². The molecule has 0 aliphatic heterocycles. The number of ether oxygens (including phenoxy) is 2. The lowest BCUT2D eigenvalue weighted by atomic mass is 10.2. The zero-order chi connectivity index (χ0) is 11.0. The van der Waals surface area contributed by atoms with Crippen LogP contribution in [-0.2, 0) is 19.1 Å². The molecule has 0 amide bonds. The van der Waals surface area contributed by atoms with Gasteiger partial charge < -0.3 is 9.47 Å². The van der Waals surface area contributed by atoms with Crippen LogP contribution in [-0.4, -0.2) is 25.2 Å². The maximum atomic E-state index is 11.2. The van der Waals surface area contributed by atoms with Crippen LogP contribution in [0, 0.1) is 0 Å². The molecule has 0 atom stereocenters. The summed E-state index contributed by atoms with van der Waals surface area (Å²) in [5.74, 6) is -0.864. The Morgan fingerprint density at radius 3 is 2.14 bits per heavy atom. The molecule has 0 saturated heterocycles. The summed E-state index contributed by atoms with van der Waals surface area (Å²) >= 11 is 0. The third-order valence-electron chi connectivity index (χ3n) is 1.53. The molecule has 4 heteroatoms. The van der Waals surface area contributed by atoms with Crippen LogP contribution in [0.15, 0.2) is 11.6 Å². The Balaban J connectivity index is 4.17. The number of esters is 2. The second-order valence-corrected chi connectivity index (χ2v) is 2.52. The Kier molecular flexibility index (Phi) is 6.45. The van der Waals surface area contributed by atoms with Crippen LogP contribution < -0.4 is 0 Å². The van der Waals surface area contributed by atoms with E-state index in [0.29, 0.717) is 18.8 Å². The fourth-order valence-electron chi connectivity index (χ4n) is 0.883. The molecule has 0 aliphatic rings. The standard InChI is InChI=1S/C10H16O4/c1-4-8(10(12)14-6-3)7-9(11)13-5-2/h4H,5-7H2,1-3H3/b8-4-. The van der Waals surface area contributed by atoms with E-state index in [1.165, 1.54) is 0 Å². The molecule has 0 aromatic carbocycles. The lowest BCUT2D eigenvalue weighted by Crippen LogP contribution is -2.13. The maximum absolute atomic E-state index is 11.2. The predicted molar refractivity (Wildman–Crippen MR) is 51.6 cm³/mol. The summed E-state index contributed by atoms with van der Waals surface area (Å²) in [6.45, 7) is 5.75. The van der Waals surface area contributed by atoms with Crippen LogP contribution in [0.1, 0.15) is 27.2 Å². The molecule has 0 spiro atoms. The smallest absolute Gasteiger partial charge is 0.334 e. The molecule has 0 N–H and O–H groups in total. The summed E-state index contributed by atoms with van der Waals surface area (Å²) in [7, 11) is 0. The number of hydrogen-bond donors (Lipinski definition) is 0. The zero-order valence-electron chi connectivity index (χ0n) is 8.83. The number of rotatable bonds is 5. The minimum atomic E-state index is -0.456. The number of hydrogen-bond acceptors (Lipinski definition) is 4. The molecule has 0 aromatic heterocycles. The minimum absolute atomic E-state index is 0.0246. The van der Waals surface area contributed by atoms with Crippen LogP contribution in [0.2, 0.25) is 0 Å². The van der Waals surface area contributed by atoms with Gasteiger partial charge in [0.25, 0.3) is 0 Å². The molecule has 0 heterocycles. The van der Waals surface area contributed by atoms with E-state index in [-0.39, 0.29) is 6.42 Å². The van der Waals surface area contributed by atoms with Gasteiger partial charge in [0.15, 0.2) is 0 Å². The molecule has 0 bridgehead atoms. The van der Waals surface area contributed by atoms with E-state index in [1.807, 2.05) is 0 Å². The van der Waals surface area contributed by atoms with E-state index < -0.39 is 11.9 Å². The van der Waals surface area contributed by atoms with Gasteiger partial charge in [0.1, 0.15) is 0 Å². The van der Waals surface area contributed by atoms with Crippen molar-refractivity contribution in [3.05, 3.63) is 11.6 Å². The van der Waals surface area contributed by atoms with Crippen molar-refractivity contribution in [1.29, 1.82) is 0 Å². The Morgan fingerprint density at radius 1 is 1.14 bits per heavy atom. The first-order valence-corrected chi connectivity index (χ1v) is 4.63. The second kappa shape index (κ2) is 7.12. The topological polar surface area (TPSA) is 52.6 Å². The lowest BCUT2D eigenvalue weighted by Gasteiger charge is -2.05. The average Bonchev–Trinajstić information content (AvgIpc) is 2.15. The molecular formula is C10H16O4. The van der Waals surface area contributed by atoms with Crippen LogP contribution >= 0.6 is 0 Å². The maximum Gasteiger partial charge on any atom is 0.334 e. The highest BCUT2D eigenvalue weighted by Crippen LogP contribution is 2.05. The van der Waals surface area contributed by atoms with Crippen molar-refractivity contribution >= 4 is 11.9 Å². The van der Waals surface area contributed by atoms with Gasteiger partial charge in [0, 0.05) is 5.57 Å². The molecule has 0 fully saturated rings. The summed E-state index contributed by atoms with van der Waals surface area (Å²) in [4.78, 5) is 22.3. The quantitative estimate of drug-likeness (QED) is 0.498. The highest BCUT2D eigenvalue weighted by molar-refractivity contribution is 5.93. The third kappa shape index (κ3) is 4.64. The van der Waals surface area contributed by atoms with Gasteiger partial charge in [0.2, 0.25) is 0 Å². The van der Waals surface area contributed by atoms with E-state index in [2.05, 4.69) is 0 Å². The van der Waals surface area contributed by atoms with Gasteiger partial charge in [-0.2, -0.15) is 0 Å². The van der Waals surface area contributed by atoms with Crippen LogP contribution in [0.4, 0.5) is 0 Å². The van der Waals surface area contributed by atoms with Gasteiger partial charge >= 0.3 is 11.9 Å². The average molecular weight is 200 g/mol. The summed E-state index contributed by atoms with van der Waals surface area (Å²) in [6, 6.07) is 0. The molecule has 14 heavy (non-hydrogen) atoms. The van der Waals surface area contributed by atoms with E-state index >= 15 is 0 Å². The third-order valence-corrected chi connectivity index (χ3v) is 1.53. The highest BCUT2D eigenvalue weighted by Gasteiger charge is 2.14. The lowest BCUT2D eigenvalue weighted by molar-refractivity contribution is -0.145. The molecule has 0 aromatic rings. The fourth-order valence-corrected chi connectivity index (χ4v) is 0.883. The summed E-state index contributed by atoms with van der Waals surface area (Å²) in [5.41, 5.74) is 0.338.